The Labute approximate surface area is 280 Å². The van der Waals surface area contributed by atoms with Crippen molar-refractivity contribution in [2.45, 2.75) is 56.2 Å². The molecule has 2 fully saturated rings. The van der Waals surface area contributed by atoms with Crippen molar-refractivity contribution < 1.29 is 27.5 Å². The van der Waals surface area contributed by atoms with Crippen molar-refractivity contribution in [3.05, 3.63) is 89.0 Å². The molecule has 254 valence electrons. The lowest BCUT2D eigenvalue weighted by atomic mass is 9.73. The molecule has 2 saturated heterocycles. The van der Waals surface area contributed by atoms with Crippen LogP contribution in [-0.4, -0.2) is 92.9 Å². The standard InChI is InChI=1S/C38H43F3N4O3/c39-38(40,41)26-42-36(47)37(33-11-3-1-9-30(33)31-10-2-4-12-34(31)37)16-7-17-43-19-21-44(22-20-43)28-14-13-27-15-18-45(35(46)32(27)24-28)25-29-8-5-6-23-48-29/h1-4,9-14,24,29H,5-8,15-23,25-26H2,(H,42,47). The van der Waals surface area contributed by atoms with Gasteiger partial charge in [-0.3, -0.25) is 14.5 Å². The van der Waals surface area contributed by atoms with Gasteiger partial charge in [-0.1, -0.05) is 54.6 Å². The molecule has 0 aromatic heterocycles. The molecule has 1 aliphatic carbocycles. The number of amides is 2. The number of anilines is 1. The van der Waals surface area contributed by atoms with E-state index in [0.29, 0.717) is 19.4 Å². The first-order valence-corrected chi connectivity index (χ1v) is 17.3. The SMILES string of the molecule is O=C1c2cc(N3CCN(CCCC4(C(=O)NCC(F)(F)F)c5ccccc5-c5ccccc54)CC3)ccc2CCN1CC1CCCCO1. The molecule has 3 heterocycles. The van der Waals surface area contributed by atoms with Crippen molar-refractivity contribution in [3.63, 3.8) is 0 Å². The predicted molar refractivity (Wildman–Crippen MR) is 179 cm³/mol. The molecule has 1 unspecified atom stereocenters. The van der Waals surface area contributed by atoms with E-state index in [0.717, 1.165) is 111 Å². The summed E-state index contributed by atoms with van der Waals surface area (Å²) in [6, 6.07) is 21.5. The molecule has 7 rings (SSSR count). The lowest BCUT2D eigenvalue weighted by molar-refractivity contribution is -0.141. The van der Waals surface area contributed by atoms with Crippen LogP contribution >= 0.6 is 0 Å². The summed E-state index contributed by atoms with van der Waals surface area (Å²) in [5, 5.41) is 2.23. The first-order chi connectivity index (χ1) is 23.2. The van der Waals surface area contributed by atoms with Gasteiger partial charge in [-0.15, -0.1) is 0 Å². The van der Waals surface area contributed by atoms with E-state index in [1.54, 1.807) is 0 Å². The van der Waals surface area contributed by atoms with Gasteiger partial charge in [0.05, 0.1) is 6.10 Å². The smallest absolute Gasteiger partial charge is 0.376 e. The molecule has 1 N–H and O–H groups in total. The van der Waals surface area contributed by atoms with Gasteiger partial charge >= 0.3 is 6.18 Å². The van der Waals surface area contributed by atoms with Gasteiger partial charge in [-0.25, -0.2) is 0 Å². The molecule has 10 heteroatoms. The highest BCUT2D eigenvalue weighted by molar-refractivity contribution is 6.00. The number of rotatable bonds is 9. The molecule has 1 atom stereocenters. The maximum absolute atomic E-state index is 13.8. The summed E-state index contributed by atoms with van der Waals surface area (Å²) in [5.41, 5.74) is 5.10. The first kappa shape index (κ1) is 32.6. The summed E-state index contributed by atoms with van der Waals surface area (Å²) in [5.74, 6) is -0.511. The summed E-state index contributed by atoms with van der Waals surface area (Å²) in [4.78, 5) is 33.9. The van der Waals surface area contributed by atoms with Crippen LogP contribution in [0.3, 0.4) is 0 Å². The highest BCUT2D eigenvalue weighted by atomic mass is 19.4. The molecular weight excluding hydrogens is 617 g/mol. The van der Waals surface area contributed by atoms with Crippen LogP contribution in [0.2, 0.25) is 0 Å². The third-order valence-electron chi connectivity index (χ3n) is 10.6. The third-order valence-corrected chi connectivity index (χ3v) is 10.6. The molecule has 3 aromatic rings. The number of piperazine rings is 1. The molecule has 7 nitrogen and oxygen atoms in total. The van der Waals surface area contributed by atoms with Crippen LogP contribution in [0.25, 0.3) is 11.1 Å². The number of hydrogen-bond acceptors (Lipinski definition) is 5. The predicted octanol–water partition coefficient (Wildman–Crippen LogP) is 5.80. The van der Waals surface area contributed by atoms with E-state index in [1.165, 1.54) is 0 Å². The average Bonchev–Trinajstić information content (AvgIpc) is 3.39. The first-order valence-electron chi connectivity index (χ1n) is 17.3. The molecule has 48 heavy (non-hydrogen) atoms. The van der Waals surface area contributed by atoms with Crippen molar-refractivity contribution in [2.24, 2.45) is 0 Å². The molecule has 2 amide bonds. The second kappa shape index (κ2) is 13.6. The maximum Gasteiger partial charge on any atom is 0.405 e. The van der Waals surface area contributed by atoms with E-state index in [2.05, 4.69) is 33.3 Å². The van der Waals surface area contributed by atoms with E-state index < -0.39 is 24.0 Å². The zero-order valence-electron chi connectivity index (χ0n) is 27.2. The number of halogens is 3. The van der Waals surface area contributed by atoms with Gasteiger partial charge in [0.25, 0.3) is 5.91 Å². The van der Waals surface area contributed by atoms with Crippen LogP contribution in [0, 0.1) is 0 Å². The Kier molecular flexibility index (Phi) is 9.22. The Hall–Kier alpha value is -3.89. The third kappa shape index (κ3) is 6.44. The molecule has 4 aliphatic rings. The van der Waals surface area contributed by atoms with Crippen LogP contribution in [0.15, 0.2) is 66.7 Å². The summed E-state index contributed by atoms with van der Waals surface area (Å²) in [6.07, 6.45) is 0.789. The fourth-order valence-electron chi connectivity index (χ4n) is 8.16. The number of nitrogens with one attached hydrogen (secondary N) is 1. The van der Waals surface area contributed by atoms with E-state index in [-0.39, 0.29) is 12.0 Å². The van der Waals surface area contributed by atoms with Gasteiger partial charge < -0.3 is 19.9 Å². The number of nitrogens with zero attached hydrogens (tertiary/aromatic N) is 3. The summed E-state index contributed by atoms with van der Waals surface area (Å²) >= 11 is 0. The monoisotopic (exact) mass is 660 g/mol. The maximum atomic E-state index is 13.8. The minimum absolute atomic E-state index is 0.0918. The number of hydrogen-bond donors (Lipinski definition) is 1. The van der Waals surface area contributed by atoms with Gasteiger partial charge in [0.15, 0.2) is 0 Å². The van der Waals surface area contributed by atoms with E-state index >= 15 is 0 Å². The largest absolute Gasteiger partial charge is 0.405 e. The van der Waals surface area contributed by atoms with Crippen LogP contribution in [0.4, 0.5) is 18.9 Å². The minimum atomic E-state index is -4.50. The zero-order valence-corrected chi connectivity index (χ0v) is 27.2. The lowest BCUT2D eigenvalue weighted by Gasteiger charge is -2.38. The highest BCUT2D eigenvalue weighted by Crippen LogP contribution is 2.51. The van der Waals surface area contributed by atoms with Crippen molar-refractivity contribution >= 4 is 17.5 Å². The Morgan fingerprint density at radius 3 is 2.27 bits per heavy atom. The van der Waals surface area contributed by atoms with Crippen LogP contribution in [0.5, 0.6) is 0 Å². The number of alkyl halides is 3. The van der Waals surface area contributed by atoms with Gasteiger partial charge in [-0.2, -0.15) is 13.2 Å². The fraction of sp³-hybridized carbons (Fsp3) is 0.474. The van der Waals surface area contributed by atoms with Crippen LogP contribution in [-0.2, 0) is 21.4 Å². The molecule has 0 radical (unpaired) electrons. The van der Waals surface area contributed by atoms with Gasteiger partial charge in [0.2, 0.25) is 5.91 Å². The molecule has 0 bridgehead atoms. The normalized spacial score (nSPS) is 20.6. The summed E-state index contributed by atoms with van der Waals surface area (Å²) in [7, 11) is 0. The number of benzene rings is 3. The van der Waals surface area contributed by atoms with Crippen LogP contribution in [0.1, 0.15) is 59.2 Å². The van der Waals surface area contributed by atoms with E-state index in [4.69, 9.17) is 4.74 Å². The molecular formula is C38H43F3N4O3. The quantitative estimate of drug-likeness (QED) is 0.315. The number of ether oxygens (including phenoxy) is 1. The van der Waals surface area contributed by atoms with E-state index in [1.807, 2.05) is 53.4 Å². The van der Waals surface area contributed by atoms with Gasteiger partial charge in [0, 0.05) is 57.1 Å². The fourth-order valence-corrected chi connectivity index (χ4v) is 8.16. The van der Waals surface area contributed by atoms with Crippen molar-refractivity contribution in [3.8, 4) is 11.1 Å². The lowest BCUT2D eigenvalue weighted by Crippen LogP contribution is -2.49. The number of fused-ring (bicyclic) bond motifs is 4. The van der Waals surface area contributed by atoms with E-state index in [9.17, 15) is 22.8 Å². The average molecular weight is 661 g/mol. The number of carbonyl (C=O) groups excluding carboxylic acids is 2. The minimum Gasteiger partial charge on any atom is -0.376 e. The number of carbonyl (C=O) groups is 2. The molecule has 3 aliphatic heterocycles. The second-order valence-corrected chi connectivity index (χ2v) is 13.6. The molecule has 3 aromatic carbocycles. The summed E-state index contributed by atoms with van der Waals surface area (Å²) < 4.78 is 45.6. The highest BCUT2D eigenvalue weighted by Gasteiger charge is 2.49. The Balaban J connectivity index is 0.999. The van der Waals surface area contributed by atoms with Crippen molar-refractivity contribution in [2.75, 3.05) is 63.9 Å². The molecule has 0 saturated carbocycles. The van der Waals surface area contributed by atoms with Crippen molar-refractivity contribution in [1.82, 2.24) is 15.1 Å². The topological polar surface area (TPSA) is 65.1 Å². The van der Waals surface area contributed by atoms with Gasteiger partial charge in [-0.05, 0) is 85.0 Å². The zero-order chi connectivity index (χ0) is 33.3. The Bertz CT molecular complexity index is 1600. The van der Waals surface area contributed by atoms with Crippen molar-refractivity contribution in [1.29, 1.82) is 0 Å². The van der Waals surface area contributed by atoms with Gasteiger partial charge in [0.1, 0.15) is 12.0 Å². The molecule has 0 spiro atoms. The Morgan fingerprint density at radius 1 is 0.896 bits per heavy atom. The summed E-state index contributed by atoms with van der Waals surface area (Å²) in [6.45, 7) is 4.77. The second-order valence-electron chi connectivity index (χ2n) is 13.6. The van der Waals surface area contributed by atoms with Crippen LogP contribution < -0.4 is 10.2 Å². The Morgan fingerprint density at radius 2 is 1.60 bits per heavy atom.